The Morgan fingerprint density at radius 3 is 2.64 bits per heavy atom. The van der Waals surface area contributed by atoms with E-state index in [1.165, 1.54) is 35.4 Å². The number of benzene rings is 1. The molecule has 0 aliphatic carbocycles. The van der Waals surface area contributed by atoms with Crippen molar-refractivity contribution in [1.82, 2.24) is 9.29 Å². The van der Waals surface area contributed by atoms with Crippen molar-refractivity contribution in [3.8, 4) is 0 Å². The van der Waals surface area contributed by atoms with Gasteiger partial charge in [-0.1, -0.05) is 12.1 Å². The molecule has 1 aliphatic heterocycles. The summed E-state index contributed by atoms with van der Waals surface area (Å²) < 4.78 is 26.3. The molecule has 9 heteroatoms. The molecule has 2 heterocycles. The molecule has 7 nitrogen and oxygen atoms in total. The fourth-order valence-corrected chi connectivity index (χ4v) is 5.07. The van der Waals surface area contributed by atoms with E-state index in [0.717, 1.165) is 9.18 Å². The van der Waals surface area contributed by atoms with E-state index in [4.69, 9.17) is 0 Å². The Kier molecular flexibility index (Phi) is 4.48. The van der Waals surface area contributed by atoms with Crippen LogP contribution in [0, 0.1) is 6.92 Å². The van der Waals surface area contributed by atoms with Crippen LogP contribution < -0.4 is 4.90 Å². The number of aromatic nitrogens is 1. The molecule has 0 N–H and O–H groups in total. The van der Waals surface area contributed by atoms with Crippen molar-refractivity contribution in [3.63, 3.8) is 0 Å². The summed E-state index contributed by atoms with van der Waals surface area (Å²) in [6.07, 6.45) is 1.63. The van der Waals surface area contributed by atoms with Crippen LogP contribution in [0.25, 0.3) is 0 Å². The molecule has 0 saturated heterocycles. The van der Waals surface area contributed by atoms with Gasteiger partial charge in [-0.25, -0.2) is 13.4 Å². The van der Waals surface area contributed by atoms with Crippen LogP contribution in [-0.4, -0.2) is 49.0 Å². The average Bonchev–Trinajstić information content (AvgIpc) is 3.00. The second kappa shape index (κ2) is 6.32. The zero-order chi connectivity index (χ0) is 18.4. The summed E-state index contributed by atoms with van der Waals surface area (Å²) in [6, 6.07) is 4.52. The van der Waals surface area contributed by atoms with Crippen LogP contribution in [0.4, 0.5) is 5.13 Å². The number of carbonyl (C=O) groups is 2. The minimum absolute atomic E-state index is 0.0466. The van der Waals surface area contributed by atoms with Crippen molar-refractivity contribution in [3.05, 3.63) is 40.9 Å². The lowest BCUT2D eigenvalue weighted by molar-refractivity contribution is -0.120. The van der Waals surface area contributed by atoms with E-state index >= 15 is 0 Å². The van der Waals surface area contributed by atoms with Crippen molar-refractivity contribution in [2.45, 2.75) is 24.8 Å². The molecule has 1 aliphatic rings. The molecule has 1 aromatic carbocycles. The van der Waals surface area contributed by atoms with E-state index in [1.807, 2.05) is 6.92 Å². The van der Waals surface area contributed by atoms with Crippen LogP contribution in [0.1, 0.15) is 22.2 Å². The normalized spacial score (nSPS) is 19.5. The van der Waals surface area contributed by atoms with Gasteiger partial charge < -0.3 is 0 Å². The zero-order valence-electron chi connectivity index (χ0n) is 14.0. The highest BCUT2D eigenvalue weighted by Crippen LogP contribution is 2.31. The minimum Gasteiger partial charge on any atom is -0.292 e. The van der Waals surface area contributed by atoms with Crippen LogP contribution >= 0.6 is 11.3 Å². The summed E-state index contributed by atoms with van der Waals surface area (Å²) >= 11 is 1.32. The van der Waals surface area contributed by atoms with E-state index in [1.54, 1.807) is 25.3 Å². The number of rotatable bonds is 3. The molecule has 2 aromatic rings. The molecule has 1 unspecified atom stereocenters. The lowest BCUT2D eigenvalue weighted by Crippen LogP contribution is -2.56. The lowest BCUT2D eigenvalue weighted by Gasteiger charge is -2.33. The molecule has 0 saturated carbocycles. The summed E-state index contributed by atoms with van der Waals surface area (Å²) in [5.74, 6) is -1.12. The van der Waals surface area contributed by atoms with E-state index in [9.17, 15) is 18.0 Å². The second-order valence-electron chi connectivity index (χ2n) is 5.62. The van der Waals surface area contributed by atoms with Gasteiger partial charge in [-0.15, -0.1) is 11.3 Å². The van der Waals surface area contributed by atoms with Crippen LogP contribution in [-0.2, 0) is 14.8 Å². The molecule has 3 rings (SSSR count). The highest BCUT2D eigenvalue weighted by Gasteiger charge is 2.46. The lowest BCUT2D eigenvalue weighted by atomic mass is 10.0. The van der Waals surface area contributed by atoms with E-state index in [2.05, 4.69) is 4.98 Å². The standard InChI is InChI=1S/C16H17N3O4S2/c1-4-19(16-17-9-10(2)24-16)15(21)13-14(20)11-7-5-6-8-12(11)25(22,23)18(13)3/h5-9,13H,4H2,1-3H3. The summed E-state index contributed by atoms with van der Waals surface area (Å²) in [6.45, 7) is 3.90. The number of aryl methyl sites for hydroxylation is 1. The third kappa shape index (κ3) is 2.78. The Morgan fingerprint density at radius 1 is 1.36 bits per heavy atom. The highest BCUT2D eigenvalue weighted by atomic mass is 32.2. The monoisotopic (exact) mass is 379 g/mol. The maximum absolute atomic E-state index is 13.0. The predicted octanol–water partition coefficient (Wildman–Crippen LogP) is 1.69. The second-order valence-corrected chi connectivity index (χ2v) is 8.80. The number of sulfonamides is 1. The minimum atomic E-state index is -3.92. The molecule has 1 amide bonds. The molecule has 1 aromatic heterocycles. The molecule has 132 valence electrons. The number of anilines is 1. The van der Waals surface area contributed by atoms with Gasteiger partial charge in [0.05, 0.1) is 4.90 Å². The summed E-state index contributed by atoms with van der Waals surface area (Å²) in [4.78, 5) is 32.2. The largest absolute Gasteiger partial charge is 0.292 e. The fourth-order valence-electron chi connectivity index (χ4n) is 2.77. The van der Waals surface area contributed by atoms with Gasteiger partial charge >= 0.3 is 0 Å². The number of thiazole rings is 1. The predicted molar refractivity (Wildman–Crippen MR) is 94.4 cm³/mol. The van der Waals surface area contributed by atoms with Crippen LogP contribution in [0.15, 0.2) is 35.4 Å². The van der Waals surface area contributed by atoms with Gasteiger partial charge in [0.1, 0.15) is 0 Å². The van der Waals surface area contributed by atoms with Crippen molar-refractivity contribution < 1.29 is 18.0 Å². The van der Waals surface area contributed by atoms with Gasteiger partial charge in [0, 0.05) is 30.2 Å². The zero-order valence-corrected chi connectivity index (χ0v) is 15.6. The summed E-state index contributed by atoms with van der Waals surface area (Å²) in [5, 5.41) is 0.447. The SMILES string of the molecule is CCN(C(=O)C1C(=O)c2ccccc2S(=O)(=O)N1C)c1ncc(C)s1. The van der Waals surface area contributed by atoms with E-state index in [0.29, 0.717) is 5.13 Å². The third-order valence-corrected chi connectivity index (χ3v) is 6.89. The molecular weight excluding hydrogens is 362 g/mol. The first-order valence-corrected chi connectivity index (χ1v) is 9.89. The van der Waals surface area contributed by atoms with Crippen LogP contribution in [0.3, 0.4) is 0 Å². The Balaban J connectivity index is 2.07. The van der Waals surface area contributed by atoms with Gasteiger partial charge in [-0.2, -0.15) is 4.31 Å². The molecule has 0 radical (unpaired) electrons. The van der Waals surface area contributed by atoms with Crippen molar-refractivity contribution in [2.75, 3.05) is 18.5 Å². The number of ketones is 1. The number of hydrogen-bond donors (Lipinski definition) is 0. The van der Waals surface area contributed by atoms with Crippen molar-refractivity contribution in [2.24, 2.45) is 0 Å². The Morgan fingerprint density at radius 2 is 2.04 bits per heavy atom. The number of hydrogen-bond acceptors (Lipinski definition) is 6. The number of Topliss-reactive ketones (excluding diaryl/α,β-unsaturated/α-hetero) is 1. The quantitative estimate of drug-likeness (QED) is 0.758. The van der Waals surface area contributed by atoms with E-state index < -0.39 is 27.8 Å². The van der Waals surface area contributed by atoms with Crippen LogP contribution in [0.2, 0.25) is 0 Å². The molecule has 0 fully saturated rings. The average molecular weight is 379 g/mol. The maximum Gasteiger partial charge on any atom is 0.255 e. The molecule has 0 spiro atoms. The number of nitrogens with zero attached hydrogens (tertiary/aromatic N) is 3. The number of fused-ring (bicyclic) bond motifs is 1. The van der Waals surface area contributed by atoms with Gasteiger partial charge in [0.25, 0.3) is 5.91 Å². The molecular formula is C16H17N3O4S2. The Hall–Kier alpha value is -2.10. The van der Waals surface area contributed by atoms with Gasteiger partial charge in [0.15, 0.2) is 17.0 Å². The van der Waals surface area contributed by atoms with Gasteiger partial charge in [-0.3, -0.25) is 14.5 Å². The Bertz CT molecular complexity index is 952. The Labute approximate surface area is 150 Å². The van der Waals surface area contributed by atoms with Crippen molar-refractivity contribution >= 4 is 38.2 Å². The topological polar surface area (TPSA) is 87.7 Å². The molecule has 1 atom stereocenters. The first-order valence-electron chi connectivity index (χ1n) is 7.64. The number of likely N-dealkylation sites (N-methyl/N-ethyl adjacent to an activating group) is 2. The fraction of sp³-hybridized carbons (Fsp3) is 0.312. The first kappa shape index (κ1) is 17.7. The smallest absolute Gasteiger partial charge is 0.255 e. The summed E-state index contributed by atoms with van der Waals surface area (Å²) in [7, 11) is -2.66. The maximum atomic E-state index is 13.0. The third-order valence-electron chi connectivity index (χ3n) is 4.08. The molecule has 25 heavy (non-hydrogen) atoms. The first-order chi connectivity index (χ1) is 11.8. The van der Waals surface area contributed by atoms with Gasteiger partial charge in [-0.05, 0) is 26.0 Å². The van der Waals surface area contributed by atoms with Crippen LogP contribution in [0.5, 0.6) is 0 Å². The highest BCUT2D eigenvalue weighted by molar-refractivity contribution is 7.89. The number of amides is 1. The molecule has 0 bridgehead atoms. The number of carbonyl (C=O) groups excluding carboxylic acids is 2. The van der Waals surface area contributed by atoms with E-state index in [-0.39, 0.29) is 17.0 Å². The van der Waals surface area contributed by atoms with Gasteiger partial charge in [0.2, 0.25) is 10.0 Å². The summed E-state index contributed by atoms with van der Waals surface area (Å²) in [5.41, 5.74) is 0.0466. The van der Waals surface area contributed by atoms with Crippen molar-refractivity contribution in [1.29, 1.82) is 0 Å².